The molecule has 0 aromatic heterocycles. The minimum absolute atomic E-state index is 0.0386. The van der Waals surface area contributed by atoms with Gasteiger partial charge in [0.15, 0.2) is 0 Å². The highest BCUT2D eigenvalue weighted by molar-refractivity contribution is 5.98. The summed E-state index contributed by atoms with van der Waals surface area (Å²) in [4.78, 5) is 4.95. The first-order valence-electron chi connectivity index (χ1n) is 26.3. The highest BCUT2D eigenvalue weighted by Gasteiger charge is 2.52. The number of aryl methyl sites for hydroxylation is 1. The number of nitrogens with zero attached hydrogens (tertiary/aromatic N) is 2. The summed E-state index contributed by atoms with van der Waals surface area (Å²) in [6.45, 7) is 36.8. The fourth-order valence-corrected chi connectivity index (χ4v) is 11.4. The van der Waals surface area contributed by atoms with Crippen LogP contribution in [-0.4, -0.2) is 0 Å². The van der Waals surface area contributed by atoms with Crippen molar-refractivity contribution >= 4 is 34.1 Å². The minimum Gasteiger partial charge on any atom is -0.310 e. The number of hydrogen-bond donors (Lipinski definition) is 0. The van der Waals surface area contributed by atoms with Gasteiger partial charge in [0.05, 0.1) is 5.41 Å². The summed E-state index contributed by atoms with van der Waals surface area (Å²) in [5.41, 5.74) is 24.8. The van der Waals surface area contributed by atoms with Gasteiger partial charge in [0.1, 0.15) is 0 Å². The first kappa shape index (κ1) is 49.0. The second kappa shape index (κ2) is 17.0. The van der Waals surface area contributed by atoms with Crippen LogP contribution in [-0.2, 0) is 32.5 Å². The summed E-state index contributed by atoms with van der Waals surface area (Å²) in [6, 6.07) is 66.3. The van der Waals surface area contributed by atoms with Crippen molar-refractivity contribution in [3.8, 4) is 22.3 Å². The lowest BCUT2D eigenvalue weighted by molar-refractivity contribution is 0.588. The average Bonchev–Trinajstić information content (AvgIpc) is 3.76. The maximum absolute atomic E-state index is 2.56. The van der Waals surface area contributed by atoms with Gasteiger partial charge < -0.3 is 9.80 Å². The van der Waals surface area contributed by atoms with Crippen molar-refractivity contribution in [3.63, 3.8) is 0 Å². The van der Waals surface area contributed by atoms with Crippen LogP contribution in [0.3, 0.4) is 0 Å². The number of anilines is 6. The zero-order valence-corrected chi connectivity index (χ0v) is 46.1. The highest BCUT2D eigenvalue weighted by atomic mass is 15.1. The molecule has 1 spiro atoms. The lowest BCUT2D eigenvalue weighted by atomic mass is 9.69. The molecule has 366 valence electrons. The van der Waals surface area contributed by atoms with Crippen LogP contribution >= 0.6 is 0 Å². The third-order valence-electron chi connectivity index (χ3n) is 15.7. The largest absolute Gasteiger partial charge is 0.310 e. The molecule has 2 aliphatic rings. The van der Waals surface area contributed by atoms with Gasteiger partial charge >= 0.3 is 0 Å². The first-order valence-corrected chi connectivity index (χ1v) is 26.3. The minimum atomic E-state index is -0.607. The van der Waals surface area contributed by atoms with E-state index in [0.29, 0.717) is 0 Å². The van der Waals surface area contributed by atoms with Crippen molar-refractivity contribution in [3.05, 3.63) is 225 Å². The van der Waals surface area contributed by atoms with Gasteiger partial charge in [-0.25, -0.2) is 0 Å². The van der Waals surface area contributed by atoms with E-state index in [4.69, 9.17) is 0 Å². The number of benzene rings is 8. The van der Waals surface area contributed by atoms with Gasteiger partial charge in [0.2, 0.25) is 0 Å². The highest BCUT2D eigenvalue weighted by Crippen LogP contribution is 2.64. The summed E-state index contributed by atoms with van der Waals surface area (Å²) in [5, 5.41) is 0. The van der Waals surface area contributed by atoms with Gasteiger partial charge in [-0.2, -0.15) is 0 Å². The summed E-state index contributed by atoms with van der Waals surface area (Å²) < 4.78 is 0. The van der Waals surface area contributed by atoms with Gasteiger partial charge in [-0.3, -0.25) is 0 Å². The second-order valence-electron chi connectivity index (χ2n) is 26.1. The monoisotopic (exact) mass is 945 g/mol. The summed E-state index contributed by atoms with van der Waals surface area (Å²) >= 11 is 0. The molecular formula is C70H76N2. The van der Waals surface area contributed by atoms with E-state index in [1.165, 1.54) is 77.9 Å². The average molecular weight is 945 g/mol. The van der Waals surface area contributed by atoms with Crippen LogP contribution in [0.2, 0.25) is 0 Å². The predicted molar refractivity (Wildman–Crippen MR) is 310 cm³/mol. The molecule has 0 fully saturated rings. The lowest BCUT2D eigenvalue weighted by Gasteiger charge is -2.34. The maximum Gasteiger partial charge on any atom is 0.0727 e. The number of rotatable bonds is 6. The molecule has 0 unspecified atom stereocenters. The van der Waals surface area contributed by atoms with Crippen LogP contribution in [0, 0.1) is 6.92 Å². The topological polar surface area (TPSA) is 6.48 Å². The molecule has 0 radical (unpaired) electrons. The number of fused-ring (bicyclic) bond motifs is 10. The zero-order valence-electron chi connectivity index (χ0n) is 46.1. The van der Waals surface area contributed by atoms with Crippen LogP contribution in [0.15, 0.2) is 170 Å². The first-order chi connectivity index (χ1) is 33.7. The molecule has 0 heterocycles. The Labute approximate surface area is 432 Å². The Bertz CT molecular complexity index is 3050. The van der Waals surface area contributed by atoms with Crippen molar-refractivity contribution in [1.29, 1.82) is 0 Å². The van der Waals surface area contributed by atoms with E-state index >= 15 is 0 Å². The van der Waals surface area contributed by atoms with Crippen LogP contribution in [0.25, 0.3) is 22.3 Å². The Morgan fingerprint density at radius 1 is 0.250 bits per heavy atom. The molecule has 72 heavy (non-hydrogen) atoms. The van der Waals surface area contributed by atoms with Gasteiger partial charge in [-0.15, -0.1) is 0 Å². The summed E-state index contributed by atoms with van der Waals surface area (Å²) in [6.07, 6.45) is 0. The molecule has 0 aliphatic heterocycles. The smallest absolute Gasteiger partial charge is 0.0727 e. The molecular weight excluding hydrogens is 869 g/mol. The fraction of sp³-hybridized carbons (Fsp3) is 0.314. The summed E-state index contributed by atoms with van der Waals surface area (Å²) in [7, 11) is 0. The Morgan fingerprint density at radius 2 is 0.486 bits per heavy atom. The Hall–Kier alpha value is -6.64. The molecule has 2 nitrogen and oxygen atoms in total. The Balaban J connectivity index is 1.26. The van der Waals surface area contributed by atoms with Gasteiger partial charge in [-0.05, 0) is 179 Å². The van der Waals surface area contributed by atoms with Gasteiger partial charge in [0.25, 0.3) is 0 Å². The molecule has 0 N–H and O–H groups in total. The van der Waals surface area contributed by atoms with Gasteiger partial charge in [-0.1, -0.05) is 206 Å². The van der Waals surface area contributed by atoms with Crippen molar-refractivity contribution in [2.45, 2.75) is 143 Å². The molecule has 0 amide bonds. The van der Waals surface area contributed by atoms with Crippen molar-refractivity contribution < 1.29 is 0 Å². The van der Waals surface area contributed by atoms with E-state index in [1.807, 2.05) is 0 Å². The molecule has 0 bridgehead atoms. The van der Waals surface area contributed by atoms with E-state index in [9.17, 15) is 0 Å². The Kier molecular flexibility index (Phi) is 11.5. The quantitative estimate of drug-likeness (QED) is 0.164. The van der Waals surface area contributed by atoms with Crippen LogP contribution in [0.5, 0.6) is 0 Å². The summed E-state index contributed by atoms with van der Waals surface area (Å²) in [5.74, 6) is 0. The molecule has 10 rings (SSSR count). The van der Waals surface area contributed by atoms with Crippen LogP contribution in [0.1, 0.15) is 159 Å². The molecule has 0 atom stereocenters. The molecule has 8 aromatic rings. The number of hydrogen-bond acceptors (Lipinski definition) is 2. The van der Waals surface area contributed by atoms with Crippen molar-refractivity contribution in [1.82, 2.24) is 0 Å². The fourth-order valence-electron chi connectivity index (χ4n) is 11.4. The second-order valence-corrected chi connectivity index (χ2v) is 26.1. The third-order valence-corrected chi connectivity index (χ3v) is 15.7. The standard InChI is InChI=1S/C70H76N2/c1-45-17-37-57-58-38-26-50(69(14,15)16)42-62(58)70(61(57)41-45)63-43-55(71(51-27-18-46(19-28-51)65(2,3)4)52-29-20-47(21-30-52)66(5,6)7)35-39-59(63)60-40-36-56(44-64(60)70)72(53-31-22-48(23-32-53)67(8,9)10)54-33-24-49(25-34-54)68(11,12)13/h17-44H,1-16H3. The van der Waals surface area contributed by atoms with Gasteiger partial charge in [0, 0.05) is 34.1 Å². The lowest BCUT2D eigenvalue weighted by Crippen LogP contribution is -2.27. The molecule has 2 heteroatoms. The molecule has 0 saturated heterocycles. The molecule has 2 aliphatic carbocycles. The van der Waals surface area contributed by atoms with E-state index < -0.39 is 5.41 Å². The maximum atomic E-state index is 2.56. The van der Waals surface area contributed by atoms with Crippen LogP contribution in [0.4, 0.5) is 34.1 Å². The normalized spacial score (nSPS) is 13.9. The molecule has 8 aromatic carbocycles. The zero-order chi connectivity index (χ0) is 51.5. The Morgan fingerprint density at radius 3 is 0.792 bits per heavy atom. The van der Waals surface area contributed by atoms with E-state index in [2.05, 4.69) is 290 Å². The van der Waals surface area contributed by atoms with E-state index in [-0.39, 0.29) is 27.1 Å². The van der Waals surface area contributed by atoms with E-state index in [0.717, 1.165) is 34.1 Å². The molecule has 0 saturated carbocycles. The van der Waals surface area contributed by atoms with Crippen molar-refractivity contribution in [2.75, 3.05) is 9.80 Å². The van der Waals surface area contributed by atoms with E-state index in [1.54, 1.807) is 0 Å². The SMILES string of the molecule is Cc1ccc2c(c1)C1(c3cc(N(c4ccc(C(C)(C)C)cc4)c4ccc(C(C)(C)C)cc4)ccc3-c3ccc(N(c4ccc(C(C)(C)C)cc4)c4ccc(C(C)(C)C)cc4)cc31)c1cc(C(C)(C)C)ccc1-2. The third kappa shape index (κ3) is 8.39. The predicted octanol–water partition coefficient (Wildman–Crippen LogP) is 19.8. The van der Waals surface area contributed by atoms with Crippen LogP contribution < -0.4 is 9.80 Å². The van der Waals surface area contributed by atoms with Crippen molar-refractivity contribution in [2.24, 2.45) is 0 Å².